The first-order valence-electron chi connectivity index (χ1n) is 7.36. The lowest BCUT2D eigenvalue weighted by atomic mass is 9.96. The summed E-state index contributed by atoms with van der Waals surface area (Å²) >= 11 is 0. The summed E-state index contributed by atoms with van der Waals surface area (Å²) in [4.78, 5) is 30.2. The van der Waals surface area contributed by atoms with Crippen LogP contribution < -0.4 is 15.0 Å². The van der Waals surface area contributed by atoms with Crippen LogP contribution in [0.25, 0.3) is 0 Å². The fourth-order valence-electron chi connectivity index (χ4n) is 2.57. The molecule has 6 nitrogen and oxygen atoms in total. The summed E-state index contributed by atoms with van der Waals surface area (Å²) in [6, 6.07) is 7.16. The second-order valence-electron chi connectivity index (χ2n) is 5.88. The number of hydrogen-bond donors (Lipinski definition) is 1. The number of carbonyl (C=O) groups is 2. The van der Waals surface area contributed by atoms with E-state index in [0.29, 0.717) is 11.4 Å². The first kappa shape index (κ1) is 15.9. The van der Waals surface area contributed by atoms with Gasteiger partial charge in [0.05, 0.1) is 11.4 Å². The van der Waals surface area contributed by atoms with Gasteiger partial charge < -0.3 is 10.1 Å². The number of aromatic nitrogens is 1. The van der Waals surface area contributed by atoms with Gasteiger partial charge in [0.25, 0.3) is 5.91 Å². The quantitative estimate of drug-likeness (QED) is 0.938. The van der Waals surface area contributed by atoms with Crippen LogP contribution in [0, 0.1) is 5.82 Å². The van der Waals surface area contributed by atoms with E-state index < -0.39 is 23.2 Å². The monoisotopic (exact) mass is 329 g/mol. The molecule has 2 heterocycles. The third-order valence-corrected chi connectivity index (χ3v) is 3.82. The molecule has 1 aliphatic heterocycles. The van der Waals surface area contributed by atoms with Crippen molar-refractivity contribution in [2.24, 2.45) is 0 Å². The largest absolute Gasteiger partial charge is 0.484 e. The van der Waals surface area contributed by atoms with E-state index in [-0.39, 0.29) is 12.3 Å². The van der Waals surface area contributed by atoms with Crippen LogP contribution in [0.4, 0.5) is 15.8 Å². The number of anilines is 2. The van der Waals surface area contributed by atoms with Gasteiger partial charge in [-0.05, 0) is 44.2 Å². The highest BCUT2D eigenvalue weighted by atomic mass is 19.1. The van der Waals surface area contributed by atoms with Crippen LogP contribution in [0.15, 0.2) is 42.7 Å². The third kappa shape index (κ3) is 2.80. The van der Waals surface area contributed by atoms with Crippen LogP contribution in [0.3, 0.4) is 0 Å². The Bertz CT molecular complexity index is 793. The molecule has 1 N–H and O–H groups in total. The lowest BCUT2D eigenvalue weighted by Crippen LogP contribution is -2.59. The lowest BCUT2D eigenvalue weighted by Gasteiger charge is -2.41. The minimum absolute atomic E-state index is 0.252. The third-order valence-electron chi connectivity index (χ3n) is 3.82. The number of hydrogen-bond acceptors (Lipinski definition) is 4. The van der Waals surface area contributed by atoms with Crippen molar-refractivity contribution in [1.29, 1.82) is 0 Å². The number of amides is 2. The Hall–Kier alpha value is -2.96. The number of halogens is 1. The fourth-order valence-corrected chi connectivity index (χ4v) is 2.57. The highest BCUT2D eigenvalue weighted by Gasteiger charge is 2.43. The summed E-state index contributed by atoms with van der Waals surface area (Å²) < 4.78 is 18.9. The molecule has 0 saturated carbocycles. The molecule has 1 aromatic heterocycles. The molecule has 1 aliphatic rings. The van der Waals surface area contributed by atoms with Crippen molar-refractivity contribution in [2.45, 2.75) is 19.4 Å². The van der Waals surface area contributed by atoms with Crippen LogP contribution >= 0.6 is 0 Å². The van der Waals surface area contributed by atoms with Crippen molar-refractivity contribution in [2.75, 3.05) is 16.8 Å². The summed E-state index contributed by atoms with van der Waals surface area (Å²) in [6.07, 6.45) is 3.10. The van der Waals surface area contributed by atoms with Gasteiger partial charge in [-0.2, -0.15) is 0 Å². The first-order valence-corrected chi connectivity index (χ1v) is 7.36. The van der Waals surface area contributed by atoms with Gasteiger partial charge in [0.1, 0.15) is 17.1 Å². The smallest absolute Gasteiger partial charge is 0.265 e. The van der Waals surface area contributed by atoms with Gasteiger partial charge in [-0.1, -0.05) is 0 Å². The number of pyridine rings is 1. The molecule has 0 radical (unpaired) electrons. The van der Waals surface area contributed by atoms with E-state index in [1.807, 2.05) is 0 Å². The number of benzene rings is 1. The number of ether oxygens (including phenoxy) is 1. The van der Waals surface area contributed by atoms with Gasteiger partial charge >= 0.3 is 0 Å². The first-order chi connectivity index (χ1) is 11.4. The van der Waals surface area contributed by atoms with Crippen LogP contribution in [0.1, 0.15) is 13.8 Å². The van der Waals surface area contributed by atoms with Gasteiger partial charge in [-0.15, -0.1) is 0 Å². The SMILES string of the molecule is CC1(C)C(=O)Nc2cc(F)ccc2N1C(=O)COc1ccncc1. The van der Waals surface area contributed by atoms with E-state index >= 15 is 0 Å². The Balaban J connectivity index is 1.89. The van der Waals surface area contributed by atoms with Crippen LogP contribution in [-0.2, 0) is 9.59 Å². The molecule has 2 amide bonds. The Morgan fingerprint density at radius 2 is 2.00 bits per heavy atom. The molecule has 0 unspecified atom stereocenters. The standard InChI is InChI=1S/C17H16FN3O3/c1-17(2)16(23)20-13-9-11(18)3-4-14(13)21(17)15(22)10-24-12-5-7-19-8-6-12/h3-9H,10H2,1-2H3,(H,20,23). The molecule has 7 heteroatoms. The average Bonchev–Trinajstić information content (AvgIpc) is 2.55. The molecule has 24 heavy (non-hydrogen) atoms. The van der Waals surface area contributed by atoms with E-state index in [2.05, 4.69) is 10.3 Å². The molecule has 0 spiro atoms. The number of rotatable bonds is 3. The second-order valence-corrected chi connectivity index (χ2v) is 5.88. The molecular formula is C17H16FN3O3. The van der Waals surface area contributed by atoms with Gasteiger partial charge in [0, 0.05) is 12.4 Å². The Morgan fingerprint density at radius 3 is 2.71 bits per heavy atom. The van der Waals surface area contributed by atoms with Crippen LogP contribution in [-0.4, -0.2) is 28.9 Å². The van der Waals surface area contributed by atoms with Crippen molar-refractivity contribution < 1.29 is 18.7 Å². The maximum atomic E-state index is 13.4. The minimum Gasteiger partial charge on any atom is -0.484 e. The van der Waals surface area contributed by atoms with Crippen LogP contribution in [0.2, 0.25) is 0 Å². The Morgan fingerprint density at radius 1 is 1.29 bits per heavy atom. The molecule has 2 aromatic rings. The van der Waals surface area contributed by atoms with E-state index in [1.54, 1.807) is 38.4 Å². The maximum Gasteiger partial charge on any atom is 0.265 e. The van der Waals surface area contributed by atoms with Crippen molar-refractivity contribution in [3.63, 3.8) is 0 Å². The topological polar surface area (TPSA) is 71.5 Å². The summed E-state index contributed by atoms with van der Waals surface area (Å²) in [7, 11) is 0. The van der Waals surface area contributed by atoms with Gasteiger partial charge in [-0.3, -0.25) is 19.5 Å². The van der Waals surface area contributed by atoms with Crippen molar-refractivity contribution >= 4 is 23.2 Å². The van der Waals surface area contributed by atoms with Gasteiger partial charge in [-0.25, -0.2) is 4.39 Å². The molecule has 124 valence electrons. The Kier molecular flexibility index (Phi) is 3.92. The number of nitrogens with one attached hydrogen (secondary N) is 1. The minimum atomic E-state index is -1.12. The highest BCUT2D eigenvalue weighted by Crippen LogP contribution is 2.37. The maximum absolute atomic E-state index is 13.4. The molecule has 0 aliphatic carbocycles. The summed E-state index contributed by atoms with van der Waals surface area (Å²) in [5.74, 6) is -0.788. The molecule has 0 bridgehead atoms. The molecule has 3 rings (SSSR count). The zero-order chi connectivity index (χ0) is 17.3. The predicted octanol–water partition coefficient (Wildman–Crippen LogP) is 2.36. The molecule has 0 atom stereocenters. The van der Waals surface area contributed by atoms with E-state index in [9.17, 15) is 14.0 Å². The summed E-state index contributed by atoms with van der Waals surface area (Å²) in [5.41, 5.74) is -0.426. The van der Waals surface area contributed by atoms with E-state index in [0.717, 1.165) is 0 Å². The normalized spacial score (nSPS) is 15.5. The average molecular weight is 329 g/mol. The molecular weight excluding hydrogens is 313 g/mol. The number of nitrogens with zero attached hydrogens (tertiary/aromatic N) is 2. The molecule has 0 saturated heterocycles. The van der Waals surface area contributed by atoms with E-state index in [4.69, 9.17) is 4.74 Å². The zero-order valence-electron chi connectivity index (χ0n) is 13.2. The molecule has 1 aromatic carbocycles. The lowest BCUT2D eigenvalue weighted by molar-refractivity contribution is -0.127. The summed E-state index contributed by atoms with van der Waals surface area (Å²) in [6.45, 7) is 3.00. The zero-order valence-corrected chi connectivity index (χ0v) is 13.2. The second kappa shape index (κ2) is 5.92. The highest BCUT2D eigenvalue weighted by molar-refractivity contribution is 6.14. The van der Waals surface area contributed by atoms with Crippen molar-refractivity contribution in [3.05, 3.63) is 48.5 Å². The predicted molar refractivity (Wildman–Crippen MR) is 86.3 cm³/mol. The Labute approximate surface area is 138 Å². The van der Waals surface area contributed by atoms with Crippen LogP contribution in [0.5, 0.6) is 5.75 Å². The fraction of sp³-hybridized carbons (Fsp3) is 0.235. The van der Waals surface area contributed by atoms with E-state index in [1.165, 1.54) is 23.1 Å². The van der Waals surface area contributed by atoms with Crippen molar-refractivity contribution in [3.8, 4) is 5.75 Å². The van der Waals surface area contributed by atoms with Gasteiger partial charge in [0.15, 0.2) is 6.61 Å². The molecule has 0 fully saturated rings. The van der Waals surface area contributed by atoms with Crippen molar-refractivity contribution in [1.82, 2.24) is 4.98 Å². The number of carbonyl (C=O) groups excluding carboxylic acids is 2. The summed E-state index contributed by atoms with van der Waals surface area (Å²) in [5, 5.41) is 2.63. The number of fused-ring (bicyclic) bond motifs is 1. The van der Waals surface area contributed by atoms with Gasteiger partial charge in [0.2, 0.25) is 5.91 Å².